The number of carbonyl (C=O) groups excluding carboxylic acids is 1. The standard InChI is InChI=1S/C13H14FNO3/c14-9-2-1-3-10(16)12(9)15-13(17)8-6-7-4-5-11(8)18-7/h1-3,7-8,11,16H,4-6H2,(H,15,17). The molecule has 2 heterocycles. The molecule has 2 aliphatic rings. The number of phenolic OH excluding ortho intramolecular Hbond substituents is 1. The highest BCUT2D eigenvalue weighted by Gasteiger charge is 2.44. The molecular weight excluding hydrogens is 237 g/mol. The molecule has 2 saturated heterocycles. The zero-order chi connectivity index (χ0) is 12.7. The lowest BCUT2D eigenvalue weighted by Gasteiger charge is -2.18. The summed E-state index contributed by atoms with van der Waals surface area (Å²) < 4.78 is 19.1. The molecule has 1 aromatic rings. The summed E-state index contributed by atoms with van der Waals surface area (Å²) >= 11 is 0. The quantitative estimate of drug-likeness (QED) is 0.791. The maximum Gasteiger partial charge on any atom is 0.230 e. The fraction of sp³-hybridized carbons (Fsp3) is 0.462. The zero-order valence-corrected chi connectivity index (χ0v) is 9.73. The minimum Gasteiger partial charge on any atom is -0.506 e. The van der Waals surface area contributed by atoms with Crippen molar-refractivity contribution in [2.45, 2.75) is 31.5 Å². The molecule has 2 N–H and O–H groups in total. The normalized spacial score (nSPS) is 29.5. The summed E-state index contributed by atoms with van der Waals surface area (Å²) in [6, 6.07) is 3.93. The van der Waals surface area contributed by atoms with Crippen molar-refractivity contribution in [1.29, 1.82) is 0 Å². The van der Waals surface area contributed by atoms with Crippen LogP contribution in [0.5, 0.6) is 5.75 Å². The molecule has 0 radical (unpaired) electrons. The molecule has 3 unspecified atom stereocenters. The van der Waals surface area contributed by atoms with E-state index in [-0.39, 0.29) is 35.5 Å². The highest BCUT2D eigenvalue weighted by atomic mass is 19.1. The van der Waals surface area contributed by atoms with E-state index in [1.54, 1.807) is 0 Å². The summed E-state index contributed by atoms with van der Waals surface area (Å²) in [6.45, 7) is 0. The number of aromatic hydroxyl groups is 1. The molecule has 3 atom stereocenters. The molecule has 2 aliphatic heterocycles. The van der Waals surface area contributed by atoms with E-state index in [0.717, 1.165) is 12.8 Å². The van der Waals surface area contributed by atoms with Crippen molar-refractivity contribution in [2.24, 2.45) is 5.92 Å². The second-order valence-corrected chi connectivity index (χ2v) is 4.84. The van der Waals surface area contributed by atoms with Crippen LogP contribution in [0, 0.1) is 11.7 Å². The third-order valence-electron chi connectivity index (χ3n) is 3.68. The van der Waals surface area contributed by atoms with Crippen molar-refractivity contribution < 1.29 is 19.0 Å². The summed E-state index contributed by atoms with van der Waals surface area (Å²) in [5, 5.41) is 12.0. The van der Waals surface area contributed by atoms with Gasteiger partial charge >= 0.3 is 0 Å². The van der Waals surface area contributed by atoms with Gasteiger partial charge in [0.2, 0.25) is 5.91 Å². The van der Waals surface area contributed by atoms with Crippen molar-refractivity contribution in [3.8, 4) is 5.75 Å². The smallest absolute Gasteiger partial charge is 0.230 e. The number of benzene rings is 1. The van der Waals surface area contributed by atoms with E-state index in [4.69, 9.17) is 4.74 Å². The first-order valence-electron chi connectivity index (χ1n) is 6.09. The molecule has 4 nitrogen and oxygen atoms in total. The Morgan fingerprint density at radius 2 is 2.28 bits per heavy atom. The highest BCUT2D eigenvalue weighted by molar-refractivity contribution is 5.94. The van der Waals surface area contributed by atoms with Gasteiger partial charge in [0.1, 0.15) is 11.4 Å². The minimum atomic E-state index is -0.632. The van der Waals surface area contributed by atoms with Gasteiger partial charge in [-0.05, 0) is 31.4 Å². The van der Waals surface area contributed by atoms with E-state index in [1.807, 2.05) is 0 Å². The van der Waals surface area contributed by atoms with Gasteiger partial charge in [-0.25, -0.2) is 4.39 Å². The lowest BCUT2D eigenvalue weighted by molar-refractivity contribution is -0.121. The van der Waals surface area contributed by atoms with E-state index < -0.39 is 5.82 Å². The van der Waals surface area contributed by atoms with Crippen molar-refractivity contribution >= 4 is 11.6 Å². The van der Waals surface area contributed by atoms with Crippen molar-refractivity contribution in [3.63, 3.8) is 0 Å². The predicted octanol–water partition coefficient (Wildman–Crippen LogP) is 2.04. The Morgan fingerprint density at radius 1 is 1.44 bits per heavy atom. The molecule has 2 bridgehead atoms. The number of phenols is 1. The molecule has 1 aromatic carbocycles. The molecule has 1 amide bonds. The van der Waals surface area contributed by atoms with Crippen LogP contribution in [-0.4, -0.2) is 23.2 Å². The summed E-state index contributed by atoms with van der Waals surface area (Å²) in [5.74, 6) is -1.40. The second kappa shape index (κ2) is 4.24. The molecule has 5 heteroatoms. The van der Waals surface area contributed by atoms with E-state index >= 15 is 0 Å². The fourth-order valence-corrected chi connectivity index (χ4v) is 2.77. The third kappa shape index (κ3) is 1.84. The largest absolute Gasteiger partial charge is 0.506 e. The minimum absolute atomic E-state index is 0.0519. The molecule has 2 fully saturated rings. The van der Waals surface area contributed by atoms with Crippen LogP contribution in [0.15, 0.2) is 18.2 Å². The van der Waals surface area contributed by atoms with E-state index in [9.17, 15) is 14.3 Å². The highest BCUT2D eigenvalue weighted by Crippen LogP contribution is 2.39. The number of anilines is 1. The van der Waals surface area contributed by atoms with Crippen LogP contribution in [-0.2, 0) is 9.53 Å². The number of fused-ring (bicyclic) bond motifs is 2. The average molecular weight is 251 g/mol. The maximum absolute atomic E-state index is 13.5. The number of hydrogen-bond acceptors (Lipinski definition) is 3. The monoisotopic (exact) mass is 251 g/mol. The lowest BCUT2D eigenvalue weighted by Crippen LogP contribution is -2.30. The number of amides is 1. The van der Waals surface area contributed by atoms with Gasteiger partial charge in [-0.1, -0.05) is 6.07 Å². The van der Waals surface area contributed by atoms with Crippen molar-refractivity contribution in [2.75, 3.05) is 5.32 Å². The Labute approximate surface area is 104 Å². The van der Waals surface area contributed by atoms with Crippen LogP contribution in [0.25, 0.3) is 0 Å². The number of rotatable bonds is 2. The zero-order valence-electron chi connectivity index (χ0n) is 9.73. The Hall–Kier alpha value is -1.62. The Morgan fingerprint density at radius 3 is 2.89 bits per heavy atom. The topological polar surface area (TPSA) is 58.6 Å². The number of ether oxygens (including phenoxy) is 1. The van der Waals surface area contributed by atoms with Gasteiger partial charge in [0, 0.05) is 0 Å². The van der Waals surface area contributed by atoms with E-state index in [0.29, 0.717) is 6.42 Å². The van der Waals surface area contributed by atoms with Crippen molar-refractivity contribution in [1.82, 2.24) is 0 Å². The molecule has 3 rings (SSSR count). The molecule has 0 spiro atoms. The Bertz CT molecular complexity index is 471. The molecule has 96 valence electrons. The number of para-hydroxylation sites is 1. The van der Waals surface area contributed by atoms with Crippen LogP contribution in [0.1, 0.15) is 19.3 Å². The third-order valence-corrected chi connectivity index (χ3v) is 3.68. The summed E-state index contributed by atoms with van der Waals surface area (Å²) in [7, 11) is 0. The molecule has 0 aliphatic carbocycles. The van der Waals surface area contributed by atoms with Gasteiger partial charge < -0.3 is 15.2 Å². The van der Waals surface area contributed by atoms with Gasteiger partial charge in [-0.2, -0.15) is 0 Å². The van der Waals surface area contributed by atoms with Gasteiger partial charge in [0.15, 0.2) is 5.82 Å². The van der Waals surface area contributed by atoms with Crippen molar-refractivity contribution in [3.05, 3.63) is 24.0 Å². The fourth-order valence-electron chi connectivity index (χ4n) is 2.77. The SMILES string of the molecule is O=C(Nc1c(O)cccc1F)C1CC2CCC1O2. The maximum atomic E-state index is 13.5. The predicted molar refractivity (Wildman–Crippen MR) is 62.7 cm³/mol. The molecular formula is C13H14FNO3. The number of hydrogen-bond donors (Lipinski definition) is 2. The summed E-state index contributed by atoms with van der Waals surface area (Å²) in [4.78, 5) is 12.0. The van der Waals surface area contributed by atoms with Crippen LogP contribution in [0.3, 0.4) is 0 Å². The second-order valence-electron chi connectivity index (χ2n) is 4.84. The first-order valence-corrected chi connectivity index (χ1v) is 6.09. The molecule has 0 aromatic heterocycles. The van der Waals surface area contributed by atoms with E-state index in [1.165, 1.54) is 18.2 Å². The van der Waals surface area contributed by atoms with Gasteiger partial charge in [-0.3, -0.25) is 4.79 Å². The Balaban J connectivity index is 1.75. The van der Waals surface area contributed by atoms with Crippen LogP contribution in [0.2, 0.25) is 0 Å². The van der Waals surface area contributed by atoms with Gasteiger partial charge in [-0.15, -0.1) is 0 Å². The van der Waals surface area contributed by atoms with Crippen LogP contribution >= 0.6 is 0 Å². The number of carbonyl (C=O) groups is 1. The first kappa shape index (κ1) is 11.5. The first-order chi connectivity index (χ1) is 8.65. The van der Waals surface area contributed by atoms with E-state index in [2.05, 4.69) is 5.32 Å². The van der Waals surface area contributed by atoms with Gasteiger partial charge in [0.25, 0.3) is 0 Å². The summed E-state index contributed by atoms with van der Waals surface area (Å²) in [6.07, 6.45) is 2.68. The van der Waals surface area contributed by atoms with Crippen LogP contribution < -0.4 is 5.32 Å². The summed E-state index contributed by atoms with van der Waals surface area (Å²) in [5.41, 5.74) is -0.148. The van der Waals surface area contributed by atoms with Gasteiger partial charge in [0.05, 0.1) is 18.1 Å². The lowest BCUT2D eigenvalue weighted by atomic mass is 9.88. The average Bonchev–Trinajstić information content (AvgIpc) is 2.96. The number of nitrogens with one attached hydrogen (secondary N) is 1. The molecule has 18 heavy (non-hydrogen) atoms. The molecule has 0 saturated carbocycles. The Kier molecular flexibility index (Phi) is 2.70. The van der Waals surface area contributed by atoms with Crippen LogP contribution in [0.4, 0.5) is 10.1 Å². The number of halogens is 1.